The summed E-state index contributed by atoms with van der Waals surface area (Å²) in [7, 11) is -3.94. The maximum atomic E-state index is 13.4. The molecule has 2 fully saturated rings. The lowest BCUT2D eigenvalue weighted by molar-refractivity contribution is -0.144. The Morgan fingerprint density at radius 1 is 1.10 bits per heavy atom. The first-order chi connectivity index (χ1) is 18.7. The molecule has 39 heavy (non-hydrogen) atoms. The first-order valence-electron chi connectivity index (χ1n) is 13.2. The van der Waals surface area contributed by atoms with Crippen LogP contribution in [0, 0.1) is 0 Å². The van der Waals surface area contributed by atoms with Gasteiger partial charge in [0.25, 0.3) is 0 Å². The van der Waals surface area contributed by atoms with E-state index in [2.05, 4.69) is 15.0 Å². The molecule has 0 bridgehead atoms. The largest absolute Gasteiger partial charge is 0.339 e. The Labute approximate surface area is 233 Å². The number of fused-ring (bicyclic) bond motifs is 1. The summed E-state index contributed by atoms with van der Waals surface area (Å²) in [6.07, 6.45) is 3.88. The van der Waals surface area contributed by atoms with E-state index in [1.165, 1.54) is 11.0 Å². The highest BCUT2D eigenvalue weighted by Gasteiger charge is 2.40. The molecule has 0 spiro atoms. The van der Waals surface area contributed by atoms with Gasteiger partial charge in [-0.05, 0) is 73.4 Å². The number of sulfonamides is 1. The number of likely N-dealkylation sites (tertiary alicyclic amines) is 2. The maximum absolute atomic E-state index is 13.4. The molecule has 3 heterocycles. The molecule has 5 rings (SSSR count). The number of hydrogen-bond donors (Lipinski definition) is 2. The van der Waals surface area contributed by atoms with Crippen molar-refractivity contribution in [3.05, 3.63) is 71.5 Å². The van der Waals surface area contributed by atoms with E-state index in [1.54, 1.807) is 48.4 Å². The first-order valence-corrected chi connectivity index (χ1v) is 15.0. The van der Waals surface area contributed by atoms with Gasteiger partial charge in [0.2, 0.25) is 21.8 Å². The predicted octanol–water partition coefficient (Wildman–Crippen LogP) is 2.94. The Kier molecular flexibility index (Phi) is 8.18. The van der Waals surface area contributed by atoms with Crippen LogP contribution in [0.2, 0.25) is 5.02 Å². The van der Waals surface area contributed by atoms with Crippen molar-refractivity contribution in [3.8, 4) is 0 Å². The maximum Gasteiger partial charge on any atom is 0.245 e. The number of amides is 2. The standard InChI is InChI=1S/C28H32ClN5O4S/c1-19(27(35)33-13-4-6-24(18-33)31-17-23-5-2-3-12-30-23)34-14-11-26(28(34)36)32-39(37,38)25-10-8-20-15-22(29)9-7-21(20)16-25/h2-3,5,7-10,12,15-16,19,24,26,31-32H,4,6,11,13-14,17-18H2,1H3/t19-,24?,26?/m0/s1. The lowest BCUT2D eigenvalue weighted by atomic mass is 10.0. The average molecular weight is 570 g/mol. The summed E-state index contributed by atoms with van der Waals surface area (Å²) in [4.78, 5) is 34.3. The highest BCUT2D eigenvalue weighted by Crippen LogP contribution is 2.24. The molecule has 2 aromatic carbocycles. The van der Waals surface area contributed by atoms with Gasteiger partial charge < -0.3 is 15.1 Å². The Bertz CT molecular complexity index is 1470. The van der Waals surface area contributed by atoms with Crippen LogP contribution in [0.3, 0.4) is 0 Å². The Morgan fingerprint density at radius 3 is 2.69 bits per heavy atom. The molecule has 2 N–H and O–H groups in total. The molecular formula is C28H32ClN5O4S. The molecule has 2 aliphatic heterocycles. The molecule has 0 aliphatic carbocycles. The number of halogens is 1. The zero-order valence-corrected chi connectivity index (χ0v) is 23.3. The van der Waals surface area contributed by atoms with Crippen molar-refractivity contribution < 1.29 is 18.0 Å². The fraction of sp³-hybridized carbons (Fsp3) is 0.393. The van der Waals surface area contributed by atoms with Gasteiger partial charge in [-0.1, -0.05) is 29.8 Å². The van der Waals surface area contributed by atoms with Crippen molar-refractivity contribution in [3.63, 3.8) is 0 Å². The molecule has 2 amide bonds. The number of nitrogens with zero attached hydrogens (tertiary/aromatic N) is 3. The molecule has 0 radical (unpaired) electrons. The second kappa shape index (κ2) is 11.6. The van der Waals surface area contributed by atoms with E-state index in [4.69, 9.17) is 11.6 Å². The van der Waals surface area contributed by atoms with Gasteiger partial charge in [0, 0.05) is 43.4 Å². The fourth-order valence-electron chi connectivity index (χ4n) is 5.31. The Balaban J connectivity index is 1.19. The second-order valence-corrected chi connectivity index (χ2v) is 12.3. The van der Waals surface area contributed by atoms with Gasteiger partial charge in [0.15, 0.2) is 0 Å². The number of rotatable bonds is 8. The molecule has 0 saturated carbocycles. The molecule has 11 heteroatoms. The highest BCUT2D eigenvalue weighted by atomic mass is 35.5. The van der Waals surface area contributed by atoms with Gasteiger partial charge >= 0.3 is 0 Å². The topological polar surface area (TPSA) is 112 Å². The zero-order valence-electron chi connectivity index (χ0n) is 21.7. The second-order valence-electron chi connectivity index (χ2n) is 10.1. The van der Waals surface area contributed by atoms with Crippen LogP contribution in [0.4, 0.5) is 0 Å². The van der Waals surface area contributed by atoms with E-state index in [0.29, 0.717) is 37.6 Å². The zero-order chi connectivity index (χ0) is 27.6. The lowest BCUT2D eigenvalue weighted by Gasteiger charge is -2.36. The lowest BCUT2D eigenvalue weighted by Crippen LogP contribution is -2.54. The number of carbonyl (C=O) groups excluding carboxylic acids is 2. The Morgan fingerprint density at radius 2 is 1.90 bits per heavy atom. The van der Waals surface area contributed by atoms with Gasteiger partial charge in [-0.2, -0.15) is 4.72 Å². The van der Waals surface area contributed by atoms with E-state index < -0.39 is 22.1 Å². The number of piperidine rings is 1. The smallest absolute Gasteiger partial charge is 0.245 e. The van der Waals surface area contributed by atoms with Crippen LogP contribution in [0.15, 0.2) is 65.7 Å². The van der Waals surface area contributed by atoms with E-state index in [9.17, 15) is 18.0 Å². The van der Waals surface area contributed by atoms with Crippen molar-refractivity contribution in [1.29, 1.82) is 0 Å². The minimum atomic E-state index is -3.94. The third-order valence-corrected chi connectivity index (χ3v) is 9.18. The molecule has 2 aliphatic rings. The van der Waals surface area contributed by atoms with Crippen LogP contribution in [0.25, 0.3) is 10.8 Å². The molecule has 1 aromatic heterocycles. The van der Waals surface area contributed by atoms with Gasteiger partial charge in [-0.15, -0.1) is 0 Å². The molecule has 3 atom stereocenters. The van der Waals surface area contributed by atoms with Crippen LogP contribution in [-0.4, -0.2) is 72.8 Å². The normalized spacial score (nSPS) is 20.9. The van der Waals surface area contributed by atoms with Crippen molar-refractivity contribution in [1.82, 2.24) is 24.8 Å². The summed E-state index contributed by atoms with van der Waals surface area (Å²) in [5.41, 5.74) is 0.943. The summed E-state index contributed by atoms with van der Waals surface area (Å²) >= 11 is 6.03. The van der Waals surface area contributed by atoms with Gasteiger partial charge in [-0.3, -0.25) is 14.6 Å². The number of aromatic nitrogens is 1. The number of benzene rings is 2. The summed E-state index contributed by atoms with van der Waals surface area (Å²) in [5.74, 6) is -0.502. The van der Waals surface area contributed by atoms with E-state index >= 15 is 0 Å². The van der Waals surface area contributed by atoms with Crippen molar-refractivity contribution in [2.45, 2.75) is 55.8 Å². The third kappa shape index (κ3) is 6.24. The molecule has 9 nitrogen and oxygen atoms in total. The van der Waals surface area contributed by atoms with Crippen LogP contribution >= 0.6 is 11.6 Å². The van der Waals surface area contributed by atoms with Crippen molar-refractivity contribution in [2.75, 3.05) is 19.6 Å². The van der Waals surface area contributed by atoms with Crippen LogP contribution in [0.5, 0.6) is 0 Å². The summed E-state index contributed by atoms with van der Waals surface area (Å²) in [5, 5.41) is 5.60. The van der Waals surface area contributed by atoms with Crippen LogP contribution in [0.1, 0.15) is 31.9 Å². The third-order valence-electron chi connectivity index (χ3n) is 7.48. The SMILES string of the molecule is C[C@@H](C(=O)N1CCCC(NCc2ccccn2)C1)N1CCC(NS(=O)(=O)c2ccc3cc(Cl)ccc3c2)C1=O. The monoisotopic (exact) mass is 569 g/mol. The van der Waals surface area contributed by atoms with E-state index in [-0.39, 0.29) is 22.8 Å². The van der Waals surface area contributed by atoms with Gasteiger partial charge in [-0.25, -0.2) is 8.42 Å². The molecule has 206 valence electrons. The van der Waals surface area contributed by atoms with E-state index in [1.807, 2.05) is 18.2 Å². The highest BCUT2D eigenvalue weighted by molar-refractivity contribution is 7.89. The summed E-state index contributed by atoms with van der Waals surface area (Å²) in [6, 6.07) is 14.3. The molecule has 2 saturated heterocycles. The van der Waals surface area contributed by atoms with Gasteiger partial charge in [0.1, 0.15) is 12.1 Å². The number of carbonyl (C=O) groups is 2. The number of pyridine rings is 1. The van der Waals surface area contributed by atoms with Crippen molar-refractivity contribution >= 4 is 44.2 Å². The fourth-order valence-corrected chi connectivity index (χ4v) is 6.75. The minimum absolute atomic E-state index is 0.0743. The Hall–Kier alpha value is -3.05. The van der Waals surface area contributed by atoms with Crippen LogP contribution in [-0.2, 0) is 26.2 Å². The summed E-state index contributed by atoms with van der Waals surface area (Å²) in [6.45, 7) is 3.85. The quantitative estimate of drug-likeness (QED) is 0.431. The molecule has 3 aromatic rings. The molecular weight excluding hydrogens is 538 g/mol. The number of hydrogen-bond acceptors (Lipinski definition) is 6. The van der Waals surface area contributed by atoms with Crippen molar-refractivity contribution in [2.24, 2.45) is 0 Å². The van der Waals surface area contributed by atoms with Crippen LogP contribution < -0.4 is 10.0 Å². The molecule has 2 unspecified atom stereocenters. The minimum Gasteiger partial charge on any atom is -0.339 e. The predicted molar refractivity (Wildman–Crippen MR) is 150 cm³/mol. The number of nitrogens with one attached hydrogen (secondary N) is 2. The average Bonchev–Trinajstić information content (AvgIpc) is 3.30. The summed E-state index contributed by atoms with van der Waals surface area (Å²) < 4.78 is 28.8. The van der Waals surface area contributed by atoms with Gasteiger partial charge in [0.05, 0.1) is 10.6 Å². The van der Waals surface area contributed by atoms with E-state index in [0.717, 1.165) is 29.3 Å². The first kappa shape index (κ1) is 27.5.